The maximum Gasteiger partial charge on any atom is 0.182 e. The van der Waals surface area contributed by atoms with Crippen molar-refractivity contribution in [1.82, 2.24) is 29.9 Å². The van der Waals surface area contributed by atoms with E-state index in [4.69, 9.17) is 19.9 Å². The van der Waals surface area contributed by atoms with Gasteiger partial charge in [-0.2, -0.15) is 0 Å². The van der Waals surface area contributed by atoms with Crippen LogP contribution in [0.25, 0.3) is 67.9 Å². The van der Waals surface area contributed by atoms with E-state index in [-0.39, 0.29) is 0 Å². The van der Waals surface area contributed by atoms with Gasteiger partial charge >= 0.3 is 0 Å². The average molecular weight is 541 g/mol. The third-order valence-electron chi connectivity index (χ3n) is 6.92. The summed E-state index contributed by atoms with van der Waals surface area (Å²) in [6, 6.07) is 42.1. The van der Waals surface area contributed by atoms with Crippen LogP contribution < -0.4 is 0 Å². The zero-order valence-corrected chi connectivity index (χ0v) is 22.5. The van der Waals surface area contributed by atoms with Crippen LogP contribution in [0.2, 0.25) is 0 Å². The molecular formula is C36H24N6. The Morgan fingerprint density at radius 1 is 0.262 bits per heavy atom. The molecule has 3 aromatic carbocycles. The minimum absolute atomic E-state index is 0.521. The van der Waals surface area contributed by atoms with Crippen molar-refractivity contribution in [3.63, 3.8) is 0 Å². The first-order chi connectivity index (χ1) is 20.8. The van der Waals surface area contributed by atoms with Crippen LogP contribution in [-0.4, -0.2) is 29.9 Å². The first kappa shape index (κ1) is 25.1. The zero-order valence-electron chi connectivity index (χ0n) is 22.5. The molecule has 0 atom stereocenters. The number of nitrogens with zero attached hydrogens (tertiary/aromatic N) is 6. The molecule has 198 valence electrons. The number of pyridine rings is 3. The zero-order chi connectivity index (χ0) is 28.1. The third-order valence-corrected chi connectivity index (χ3v) is 6.92. The smallest absolute Gasteiger partial charge is 0.182 e. The molecule has 0 saturated carbocycles. The van der Waals surface area contributed by atoms with E-state index in [9.17, 15) is 0 Å². The lowest BCUT2D eigenvalue weighted by Crippen LogP contribution is -2.01. The second-order valence-electron chi connectivity index (χ2n) is 9.70. The standard InChI is InChI=1S/C36H24N6/c1-4-10-25(11-5-1)28-16-19-31(37-22-28)32-20-17-29(23-38-32)30-18-21-33(39-24-30)36-41-34(26-12-6-2-7-13-26)40-35(42-36)27-14-8-3-9-15-27/h1-24H. The average Bonchev–Trinajstić information content (AvgIpc) is 3.09. The summed E-state index contributed by atoms with van der Waals surface area (Å²) in [7, 11) is 0. The summed E-state index contributed by atoms with van der Waals surface area (Å²) in [5.41, 5.74) is 8.28. The Hall–Kier alpha value is -5.88. The highest BCUT2D eigenvalue weighted by molar-refractivity contribution is 5.70. The number of hydrogen-bond donors (Lipinski definition) is 0. The molecule has 0 N–H and O–H groups in total. The predicted molar refractivity (Wildman–Crippen MR) is 166 cm³/mol. The van der Waals surface area contributed by atoms with Gasteiger partial charge in [0.2, 0.25) is 0 Å². The highest BCUT2D eigenvalue weighted by atomic mass is 15.0. The molecule has 7 aromatic rings. The largest absolute Gasteiger partial charge is 0.254 e. The van der Waals surface area contributed by atoms with Crippen molar-refractivity contribution in [2.75, 3.05) is 0 Å². The Labute approximate surface area is 243 Å². The first-order valence-electron chi connectivity index (χ1n) is 13.6. The van der Waals surface area contributed by atoms with Crippen LogP contribution in [0.1, 0.15) is 0 Å². The minimum atomic E-state index is 0.521. The van der Waals surface area contributed by atoms with E-state index in [0.717, 1.165) is 44.8 Å². The normalized spacial score (nSPS) is 10.9. The van der Waals surface area contributed by atoms with Gasteiger partial charge in [0, 0.05) is 46.4 Å². The Morgan fingerprint density at radius 2 is 0.619 bits per heavy atom. The fourth-order valence-electron chi connectivity index (χ4n) is 4.68. The fraction of sp³-hybridized carbons (Fsp3) is 0. The van der Waals surface area contributed by atoms with E-state index < -0.39 is 0 Å². The van der Waals surface area contributed by atoms with Crippen LogP contribution in [0, 0.1) is 0 Å². The monoisotopic (exact) mass is 540 g/mol. The predicted octanol–water partition coefficient (Wildman–Crippen LogP) is 8.06. The molecule has 4 aromatic heterocycles. The molecule has 6 nitrogen and oxygen atoms in total. The highest BCUT2D eigenvalue weighted by Gasteiger charge is 2.13. The lowest BCUT2D eigenvalue weighted by atomic mass is 10.1. The van der Waals surface area contributed by atoms with Crippen molar-refractivity contribution in [1.29, 1.82) is 0 Å². The molecule has 0 spiro atoms. The van der Waals surface area contributed by atoms with Gasteiger partial charge in [-0.3, -0.25) is 15.0 Å². The Morgan fingerprint density at radius 3 is 1.02 bits per heavy atom. The SMILES string of the molecule is c1ccc(-c2ccc(-c3ccc(-c4ccc(-c5nc(-c6ccccc6)nc(-c6ccccc6)n5)nc4)cn3)nc2)cc1. The molecule has 0 saturated heterocycles. The van der Waals surface area contributed by atoms with E-state index in [0.29, 0.717) is 23.2 Å². The van der Waals surface area contributed by atoms with E-state index in [1.54, 1.807) is 0 Å². The van der Waals surface area contributed by atoms with Crippen molar-refractivity contribution in [3.8, 4) is 67.9 Å². The topological polar surface area (TPSA) is 77.3 Å². The second kappa shape index (κ2) is 11.3. The highest BCUT2D eigenvalue weighted by Crippen LogP contribution is 2.27. The van der Waals surface area contributed by atoms with Gasteiger partial charge in [0.05, 0.1) is 11.4 Å². The Balaban J connectivity index is 1.15. The van der Waals surface area contributed by atoms with Gasteiger partial charge in [-0.25, -0.2) is 15.0 Å². The second-order valence-corrected chi connectivity index (χ2v) is 9.70. The van der Waals surface area contributed by atoms with E-state index >= 15 is 0 Å². The van der Waals surface area contributed by atoms with Gasteiger partial charge < -0.3 is 0 Å². The van der Waals surface area contributed by atoms with Crippen molar-refractivity contribution in [3.05, 3.63) is 146 Å². The number of hydrogen-bond acceptors (Lipinski definition) is 6. The summed E-state index contributed by atoms with van der Waals surface area (Å²) < 4.78 is 0. The molecule has 42 heavy (non-hydrogen) atoms. The van der Waals surface area contributed by atoms with Crippen LogP contribution in [0.3, 0.4) is 0 Å². The molecule has 0 aliphatic rings. The van der Waals surface area contributed by atoms with Gasteiger partial charge in [0.1, 0.15) is 5.69 Å². The summed E-state index contributed by atoms with van der Waals surface area (Å²) in [5.74, 6) is 1.74. The lowest BCUT2D eigenvalue weighted by Gasteiger charge is -2.08. The third kappa shape index (κ3) is 5.29. The van der Waals surface area contributed by atoms with Crippen molar-refractivity contribution in [2.45, 2.75) is 0 Å². The summed E-state index contributed by atoms with van der Waals surface area (Å²) in [6.45, 7) is 0. The quantitative estimate of drug-likeness (QED) is 0.212. The number of rotatable bonds is 6. The molecule has 7 rings (SSSR count). The molecule has 0 aliphatic carbocycles. The van der Waals surface area contributed by atoms with Gasteiger partial charge in [-0.15, -0.1) is 0 Å². The molecule has 4 heterocycles. The molecule has 0 bridgehead atoms. The minimum Gasteiger partial charge on any atom is -0.254 e. The van der Waals surface area contributed by atoms with Crippen molar-refractivity contribution < 1.29 is 0 Å². The number of aromatic nitrogens is 6. The fourth-order valence-corrected chi connectivity index (χ4v) is 4.68. The molecule has 0 aliphatic heterocycles. The van der Waals surface area contributed by atoms with Crippen LogP contribution in [-0.2, 0) is 0 Å². The van der Waals surface area contributed by atoms with Crippen LogP contribution >= 0.6 is 0 Å². The van der Waals surface area contributed by atoms with E-state index in [2.05, 4.69) is 28.2 Å². The molecule has 0 fully saturated rings. The van der Waals surface area contributed by atoms with Gasteiger partial charge in [-0.05, 0) is 23.8 Å². The first-order valence-corrected chi connectivity index (χ1v) is 13.6. The summed E-state index contributed by atoms with van der Waals surface area (Å²) in [4.78, 5) is 28.3. The molecule has 0 amide bonds. The maximum absolute atomic E-state index is 4.77. The van der Waals surface area contributed by atoms with Gasteiger partial charge in [0.15, 0.2) is 17.5 Å². The summed E-state index contributed by atoms with van der Waals surface area (Å²) in [5, 5.41) is 0. The van der Waals surface area contributed by atoms with Gasteiger partial charge in [-0.1, -0.05) is 109 Å². The van der Waals surface area contributed by atoms with Gasteiger partial charge in [0.25, 0.3) is 0 Å². The molecule has 6 heteroatoms. The number of benzene rings is 3. The van der Waals surface area contributed by atoms with Crippen LogP contribution in [0.5, 0.6) is 0 Å². The van der Waals surface area contributed by atoms with Crippen LogP contribution in [0.15, 0.2) is 146 Å². The molecule has 0 radical (unpaired) electrons. The summed E-state index contributed by atoms with van der Waals surface area (Å²) >= 11 is 0. The van der Waals surface area contributed by atoms with Crippen molar-refractivity contribution in [2.24, 2.45) is 0 Å². The Bertz CT molecular complexity index is 1870. The van der Waals surface area contributed by atoms with E-state index in [1.165, 1.54) is 0 Å². The summed E-state index contributed by atoms with van der Waals surface area (Å²) in [6.07, 6.45) is 5.56. The molecule has 0 unspecified atom stereocenters. The maximum atomic E-state index is 4.77. The van der Waals surface area contributed by atoms with E-state index in [1.807, 2.05) is 128 Å². The van der Waals surface area contributed by atoms with Crippen molar-refractivity contribution >= 4 is 0 Å². The molecular weight excluding hydrogens is 516 g/mol. The Kier molecular flexibility index (Phi) is 6.76. The lowest BCUT2D eigenvalue weighted by molar-refractivity contribution is 1.06. The van der Waals surface area contributed by atoms with Crippen LogP contribution in [0.4, 0.5) is 0 Å².